The smallest absolute Gasteiger partial charge is 0.328 e. The van der Waals surface area contributed by atoms with Crippen molar-refractivity contribution in [1.29, 1.82) is 0 Å². The lowest BCUT2D eigenvalue weighted by Crippen LogP contribution is -2.44. The molecule has 2 saturated heterocycles. The van der Waals surface area contributed by atoms with E-state index in [1.54, 1.807) is 6.08 Å². The molecule has 2 atom stereocenters. The summed E-state index contributed by atoms with van der Waals surface area (Å²) in [6, 6.07) is 1.33. The van der Waals surface area contributed by atoms with E-state index in [9.17, 15) is 4.79 Å². The van der Waals surface area contributed by atoms with Crippen LogP contribution in [0.3, 0.4) is 0 Å². The first-order chi connectivity index (χ1) is 6.66. The maximum Gasteiger partial charge on any atom is 0.328 e. The van der Waals surface area contributed by atoms with Gasteiger partial charge in [-0.2, -0.15) is 0 Å². The summed E-state index contributed by atoms with van der Waals surface area (Å²) in [4.78, 5) is 15.0. The molecule has 0 aliphatic carbocycles. The lowest BCUT2D eigenvalue weighted by atomic mass is 10.2. The Morgan fingerprint density at radius 2 is 2.29 bits per heavy atom. The number of carboxylic acid groups (broad SMARTS) is 1. The molecule has 2 heterocycles. The summed E-state index contributed by atoms with van der Waals surface area (Å²) in [5, 5.41) is 8.45. The molecule has 0 saturated carbocycles. The van der Waals surface area contributed by atoms with Gasteiger partial charge in [0.1, 0.15) is 0 Å². The largest absolute Gasteiger partial charge is 0.478 e. The van der Waals surface area contributed by atoms with Crippen molar-refractivity contribution in [3.63, 3.8) is 0 Å². The maximum atomic E-state index is 10.3. The number of aliphatic carboxylic acids is 1. The van der Waals surface area contributed by atoms with Crippen molar-refractivity contribution in [3.05, 3.63) is 12.2 Å². The summed E-state index contributed by atoms with van der Waals surface area (Å²) in [5.41, 5.74) is 0. The minimum atomic E-state index is -0.855. The summed E-state index contributed by atoms with van der Waals surface area (Å²) in [5.74, 6) is -0.855. The van der Waals surface area contributed by atoms with Gasteiger partial charge in [-0.05, 0) is 13.5 Å². The lowest BCUT2D eigenvalue weighted by Gasteiger charge is -2.30. The zero-order valence-corrected chi connectivity index (χ0v) is 8.39. The first-order valence-corrected chi connectivity index (χ1v) is 5.00. The molecule has 0 aromatic rings. The number of likely N-dealkylation sites (tertiary alicyclic amines) is 2. The second-order valence-corrected chi connectivity index (χ2v) is 4.18. The van der Waals surface area contributed by atoms with Crippen LogP contribution in [0.1, 0.15) is 6.42 Å². The van der Waals surface area contributed by atoms with E-state index >= 15 is 0 Å². The SMILES string of the molecule is CN1CC2CC1CN2C/C=C/C(=O)O. The van der Waals surface area contributed by atoms with Crippen LogP contribution in [0.25, 0.3) is 0 Å². The topological polar surface area (TPSA) is 43.8 Å². The predicted molar refractivity (Wildman–Crippen MR) is 53.2 cm³/mol. The number of carbonyl (C=O) groups is 1. The highest BCUT2D eigenvalue weighted by molar-refractivity contribution is 5.79. The Morgan fingerprint density at radius 3 is 2.79 bits per heavy atom. The monoisotopic (exact) mass is 196 g/mol. The second-order valence-electron chi connectivity index (χ2n) is 4.18. The molecule has 2 rings (SSSR count). The van der Waals surface area contributed by atoms with Crippen molar-refractivity contribution < 1.29 is 9.90 Å². The molecule has 4 heteroatoms. The van der Waals surface area contributed by atoms with Crippen LogP contribution in [-0.2, 0) is 4.79 Å². The van der Waals surface area contributed by atoms with E-state index in [1.807, 2.05) is 0 Å². The molecule has 2 aliphatic rings. The molecule has 14 heavy (non-hydrogen) atoms. The maximum absolute atomic E-state index is 10.3. The van der Waals surface area contributed by atoms with Crippen LogP contribution in [0.15, 0.2) is 12.2 Å². The predicted octanol–water partition coefficient (Wildman–Crippen LogP) is 0.0155. The van der Waals surface area contributed by atoms with Crippen LogP contribution < -0.4 is 0 Å². The van der Waals surface area contributed by atoms with Gasteiger partial charge in [-0.15, -0.1) is 0 Å². The number of carboxylic acids is 1. The fourth-order valence-corrected chi connectivity index (χ4v) is 2.46. The number of likely N-dealkylation sites (N-methyl/N-ethyl adjacent to an activating group) is 1. The molecule has 0 aromatic carbocycles. The van der Waals surface area contributed by atoms with E-state index in [4.69, 9.17) is 5.11 Å². The summed E-state index contributed by atoms with van der Waals surface area (Å²) in [7, 11) is 2.16. The third kappa shape index (κ3) is 1.81. The standard InChI is InChI=1S/C10H16N2O2/c1-11-6-9-5-8(11)7-12(9)4-2-3-10(13)14/h2-3,8-9H,4-7H2,1H3,(H,13,14)/b3-2+. The fourth-order valence-electron chi connectivity index (χ4n) is 2.46. The lowest BCUT2D eigenvalue weighted by molar-refractivity contribution is -0.131. The fraction of sp³-hybridized carbons (Fsp3) is 0.700. The highest BCUT2D eigenvalue weighted by atomic mass is 16.4. The van der Waals surface area contributed by atoms with Crippen molar-refractivity contribution in [2.45, 2.75) is 18.5 Å². The van der Waals surface area contributed by atoms with Crippen LogP contribution in [0.4, 0.5) is 0 Å². The van der Waals surface area contributed by atoms with Gasteiger partial charge in [-0.3, -0.25) is 4.90 Å². The first-order valence-electron chi connectivity index (χ1n) is 5.00. The van der Waals surface area contributed by atoms with E-state index in [0.717, 1.165) is 19.6 Å². The van der Waals surface area contributed by atoms with Crippen LogP contribution in [0.5, 0.6) is 0 Å². The van der Waals surface area contributed by atoms with Crippen LogP contribution in [-0.4, -0.2) is 59.6 Å². The van der Waals surface area contributed by atoms with E-state index in [2.05, 4.69) is 16.8 Å². The van der Waals surface area contributed by atoms with Gasteiger partial charge in [0.25, 0.3) is 0 Å². The molecule has 0 aromatic heterocycles. The van der Waals surface area contributed by atoms with E-state index in [0.29, 0.717) is 12.1 Å². The molecular weight excluding hydrogens is 180 g/mol. The van der Waals surface area contributed by atoms with E-state index in [-0.39, 0.29) is 0 Å². The molecule has 2 aliphatic heterocycles. The van der Waals surface area contributed by atoms with E-state index < -0.39 is 5.97 Å². The molecular formula is C10H16N2O2. The van der Waals surface area contributed by atoms with Gasteiger partial charge < -0.3 is 10.0 Å². The normalized spacial score (nSPS) is 33.2. The Morgan fingerprint density at radius 1 is 1.50 bits per heavy atom. The van der Waals surface area contributed by atoms with Gasteiger partial charge >= 0.3 is 5.97 Å². The Hall–Kier alpha value is -0.870. The molecule has 2 unspecified atom stereocenters. The Kier molecular flexibility index (Phi) is 2.56. The van der Waals surface area contributed by atoms with Crippen molar-refractivity contribution in [2.75, 3.05) is 26.7 Å². The molecule has 78 valence electrons. The average molecular weight is 196 g/mol. The third-order valence-corrected chi connectivity index (χ3v) is 3.23. The summed E-state index contributed by atoms with van der Waals surface area (Å²) in [6.07, 6.45) is 4.22. The second kappa shape index (κ2) is 3.71. The Balaban J connectivity index is 1.82. The van der Waals surface area contributed by atoms with Crippen molar-refractivity contribution >= 4 is 5.97 Å². The minimum absolute atomic E-state index is 0.642. The molecule has 2 bridgehead atoms. The molecule has 0 radical (unpaired) electrons. The quantitative estimate of drug-likeness (QED) is 0.646. The van der Waals surface area contributed by atoms with Crippen LogP contribution in [0, 0.1) is 0 Å². The van der Waals surface area contributed by atoms with Gasteiger partial charge in [0, 0.05) is 37.8 Å². The Labute approximate surface area is 83.8 Å². The van der Waals surface area contributed by atoms with Gasteiger partial charge in [0.15, 0.2) is 0 Å². The van der Waals surface area contributed by atoms with Crippen molar-refractivity contribution in [2.24, 2.45) is 0 Å². The summed E-state index contributed by atoms with van der Waals surface area (Å²) in [6.45, 7) is 3.00. The van der Waals surface area contributed by atoms with Crippen LogP contribution in [0.2, 0.25) is 0 Å². The van der Waals surface area contributed by atoms with Gasteiger partial charge in [0.05, 0.1) is 0 Å². The molecule has 2 fully saturated rings. The summed E-state index contributed by atoms with van der Waals surface area (Å²) >= 11 is 0. The third-order valence-electron chi connectivity index (χ3n) is 3.23. The van der Waals surface area contributed by atoms with Gasteiger partial charge in [-0.25, -0.2) is 4.79 Å². The molecule has 0 spiro atoms. The zero-order valence-electron chi connectivity index (χ0n) is 8.39. The first kappa shape index (κ1) is 9.68. The zero-order chi connectivity index (χ0) is 10.1. The van der Waals surface area contributed by atoms with Gasteiger partial charge in [0.2, 0.25) is 0 Å². The summed E-state index contributed by atoms with van der Waals surface area (Å²) < 4.78 is 0. The van der Waals surface area contributed by atoms with Gasteiger partial charge in [-0.1, -0.05) is 6.08 Å². The molecule has 1 N–H and O–H groups in total. The van der Waals surface area contributed by atoms with Crippen molar-refractivity contribution in [1.82, 2.24) is 9.80 Å². The van der Waals surface area contributed by atoms with Crippen LogP contribution >= 0.6 is 0 Å². The average Bonchev–Trinajstić information content (AvgIpc) is 2.62. The van der Waals surface area contributed by atoms with E-state index in [1.165, 1.54) is 12.5 Å². The molecule has 0 amide bonds. The minimum Gasteiger partial charge on any atom is -0.478 e. The number of hydrogen-bond acceptors (Lipinski definition) is 3. The number of fused-ring (bicyclic) bond motifs is 2. The number of hydrogen-bond donors (Lipinski definition) is 1. The number of nitrogens with zero attached hydrogens (tertiary/aromatic N) is 2. The highest BCUT2D eigenvalue weighted by Crippen LogP contribution is 2.28. The Bertz CT molecular complexity index is 263. The number of rotatable bonds is 3. The number of piperazine rings is 1. The molecule has 4 nitrogen and oxygen atoms in total. The highest BCUT2D eigenvalue weighted by Gasteiger charge is 2.40. The van der Waals surface area contributed by atoms with Crippen molar-refractivity contribution in [3.8, 4) is 0 Å².